The number of aryl methyl sites for hydroxylation is 1. The van der Waals surface area contributed by atoms with Crippen molar-refractivity contribution in [1.82, 2.24) is 0 Å². The molecule has 0 bridgehead atoms. The van der Waals surface area contributed by atoms with Gasteiger partial charge in [-0.15, -0.1) is 0 Å². The molecule has 0 radical (unpaired) electrons. The average Bonchev–Trinajstić information content (AvgIpc) is 2.53. The van der Waals surface area contributed by atoms with Crippen molar-refractivity contribution < 1.29 is 14.0 Å². The highest BCUT2D eigenvalue weighted by Crippen LogP contribution is 2.34. The standard InChI is InChI=1S/C12H14N2O3/c1-5-9(15)6-10(16)14-12-11(13-4)7(2)8(3)17-12/h5-6H2,1-3H3,(H,14,16). The molecule has 1 N–H and O–H groups in total. The second-order valence-electron chi connectivity index (χ2n) is 3.69. The number of ketones is 1. The van der Waals surface area contributed by atoms with Crippen molar-refractivity contribution in [1.29, 1.82) is 0 Å². The summed E-state index contributed by atoms with van der Waals surface area (Å²) in [6.45, 7) is 12.2. The van der Waals surface area contributed by atoms with Crippen LogP contribution in [0.25, 0.3) is 4.85 Å². The van der Waals surface area contributed by atoms with Gasteiger partial charge in [-0.05, 0) is 19.4 Å². The summed E-state index contributed by atoms with van der Waals surface area (Å²) in [6.07, 6.45) is 0.131. The number of carbonyl (C=O) groups excluding carboxylic acids is 2. The predicted molar refractivity (Wildman–Crippen MR) is 63.0 cm³/mol. The molecule has 5 heteroatoms. The van der Waals surface area contributed by atoms with Gasteiger partial charge in [0, 0.05) is 6.42 Å². The first kappa shape index (κ1) is 13.0. The molecular formula is C12H14N2O3. The van der Waals surface area contributed by atoms with Crippen LogP contribution in [0.2, 0.25) is 0 Å². The maximum absolute atomic E-state index is 11.5. The van der Waals surface area contributed by atoms with E-state index < -0.39 is 5.91 Å². The third-order valence-corrected chi connectivity index (χ3v) is 2.47. The van der Waals surface area contributed by atoms with Crippen LogP contribution in [-0.2, 0) is 9.59 Å². The molecule has 1 rings (SSSR count). The van der Waals surface area contributed by atoms with E-state index in [1.807, 2.05) is 0 Å². The molecule has 0 aromatic carbocycles. The smallest absolute Gasteiger partial charge is 0.251 e. The molecule has 0 aliphatic rings. The third kappa shape index (κ3) is 2.94. The van der Waals surface area contributed by atoms with Crippen molar-refractivity contribution >= 4 is 23.3 Å². The van der Waals surface area contributed by atoms with Gasteiger partial charge in [0.1, 0.15) is 5.78 Å². The fourth-order valence-corrected chi connectivity index (χ4v) is 1.31. The van der Waals surface area contributed by atoms with E-state index in [4.69, 9.17) is 11.0 Å². The van der Waals surface area contributed by atoms with Crippen LogP contribution in [-0.4, -0.2) is 11.7 Å². The number of nitrogens with zero attached hydrogens (tertiary/aromatic N) is 1. The lowest BCUT2D eigenvalue weighted by molar-refractivity contribution is -0.125. The molecule has 0 saturated carbocycles. The zero-order valence-corrected chi connectivity index (χ0v) is 10.1. The van der Waals surface area contributed by atoms with Crippen LogP contribution in [0, 0.1) is 20.4 Å². The zero-order valence-electron chi connectivity index (χ0n) is 10.1. The molecule has 1 amide bonds. The maximum atomic E-state index is 11.5. The summed E-state index contributed by atoms with van der Waals surface area (Å²) in [5, 5.41) is 2.45. The molecule has 0 fully saturated rings. The molecule has 90 valence electrons. The van der Waals surface area contributed by atoms with E-state index in [1.165, 1.54) is 0 Å². The van der Waals surface area contributed by atoms with Crippen molar-refractivity contribution in [2.45, 2.75) is 33.6 Å². The Labute approximate surface area is 99.6 Å². The summed E-state index contributed by atoms with van der Waals surface area (Å²) < 4.78 is 5.27. The van der Waals surface area contributed by atoms with E-state index in [1.54, 1.807) is 20.8 Å². The average molecular weight is 234 g/mol. The van der Waals surface area contributed by atoms with E-state index >= 15 is 0 Å². The fourth-order valence-electron chi connectivity index (χ4n) is 1.31. The van der Waals surface area contributed by atoms with Crippen LogP contribution in [0.5, 0.6) is 0 Å². The van der Waals surface area contributed by atoms with Gasteiger partial charge in [-0.3, -0.25) is 9.59 Å². The summed E-state index contributed by atoms with van der Waals surface area (Å²) in [7, 11) is 0. The highest BCUT2D eigenvalue weighted by molar-refractivity contribution is 6.04. The van der Waals surface area contributed by atoms with E-state index in [-0.39, 0.29) is 18.1 Å². The maximum Gasteiger partial charge on any atom is 0.251 e. The van der Waals surface area contributed by atoms with Gasteiger partial charge in [0.25, 0.3) is 5.69 Å². The monoisotopic (exact) mass is 234 g/mol. The molecule has 5 nitrogen and oxygen atoms in total. The molecule has 0 aliphatic carbocycles. The third-order valence-electron chi connectivity index (χ3n) is 2.47. The van der Waals surface area contributed by atoms with Gasteiger partial charge in [0.15, 0.2) is 0 Å². The normalized spacial score (nSPS) is 9.76. The highest BCUT2D eigenvalue weighted by atomic mass is 16.4. The largest absolute Gasteiger partial charge is 0.457 e. The number of Topliss-reactive ketones (excluding diaryl/α,β-unsaturated/α-hetero) is 1. The molecule has 0 saturated heterocycles. The Bertz CT molecular complexity index is 495. The number of anilines is 1. The topological polar surface area (TPSA) is 63.7 Å². The number of amides is 1. The minimum absolute atomic E-state index is 0.129. The van der Waals surface area contributed by atoms with Crippen LogP contribution in [0.15, 0.2) is 4.42 Å². The first-order valence-electron chi connectivity index (χ1n) is 5.28. The van der Waals surface area contributed by atoms with Crippen molar-refractivity contribution in [2.24, 2.45) is 0 Å². The SMILES string of the molecule is [C-]#[N+]c1c(NC(=O)CC(=O)CC)oc(C)c1C. The lowest BCUT2D eigenvalue weighted by atomic mass is 10.2. The van der Waals surface area contributed by atoms with Crippen molar-refractivity contribution in [3.63, 3.8) is 0 Å². The Balaban J connectivity index is 2.83. The molecule has 0 spiro atoms. The fraction of sp³-hybridized carbons (Fsp3) is 0.417. The summed E-state index contributed by atoms with van der Waals surface area (Å²) in [5.74, 6) is 0.124. The predicted octanol–water partition coefficient (Wildman–Crippen LogP) is 2.75. The Morgan fingerprint density at radius 1 is 1.41 bits per heavy atom. The minimum atomic E-state index is -0.449. The Hall–Kier alpha value is -2.09. The Morgan fingerprint density at radius 3 is 2.59 bits per heavy atom. The van der Waals surface area contributed by atoms with E-state index in [0.29, 0.717) is 23.4 Å². The summed E-state index contributed by atoms with van der Waals surface area (Å²) in [6, 6.07) is 0. The van der Waals surface area contributed by atoms with Crippen LogP contribution in [0.1, 0.15) is 31.1 Å². The molecule has 1 aromatic rings. The van der Waals surface area contributed by atoms with Gasteiger partial charge in [-0.2, -0.15) is 0 Å². The first-order chi connectivity index (χ1) is 7.99. The lowest BCUT2D eigenvalue weighted by Gasteiger charge is -2.01. The number of rotatable bonds is 4. The van der Waals surface area contributed by atoms with Crippen LogP contribution >= 0.6 is 0 Å². The molecular weight excluding hydrogens is 220 g/mol. The number of hydrogen-bond acceptors (Lipinski definition) is 3. The summed E-state index contributed by atoms with van der Waals surface area (Å²) >= 11 is 0. The van der Waals surface area contributed by atoms with E-state index in [9.17, 15) is 9.59 Å². The molecule has 1 aromatic heterocycles. The van der Waals surface area contributed by atoms with E-state index in [0.717, 1.165) is 0 Å². The second kappa shape index (κ2) is 5.30. The number of hydrogen-bond donors (Lipinski definition) is 1. The van der Waals surface area contributed by atoms with Crippen molar-refractivity contribution in [2.75, 3.05) is 5.32 Å². The minimum Gasteiger partial charge on any atom is -0.457 e. The van der Waals surface area contributed by atoms with Crippen LogP contribution < -0.4 is 5.32 Å². The Kier molecular flexibility index (Phi) is 4.05. The van der Waals surface area contributed by atoms with Gasteiger partial charge in [0.05, 0.1) is 18.8 Å². The zero-order chi connectivity index (χ0) is 13.0. The number of carbonyl (C=O) groups is 2. The number of nitrogens with one attached hydrogen (secondary N) is 1. The van der Waals surface area contributed by atoms with Gasteiger partial charge in [-0.1, -0.05) is 6.92 Å². The van der Waals surface area contributed by atoms with Crippen molar-refractivity contribution in [3.05, 3.63) is 22.7 Å². The second-order valence-corrected chi connectivity index (χ2v) is 3.69. The van der Waals surface area contributed by atoms with E-state index in [2.05, 4.69) is 10.2 Å². The van der Waals surface area contributed by atoms with Crippen molar-refractivity contribution in [3.8, 4) is 0 Å². The molecule has 1 heterocycles. The van der Waals surface area contributed by atoms with Gasteiger partial charge in [-0.25, -0.2) is 4.85 Å². The van der Waals surface area contributed by atoms with Crippen LogP contribution in [0.4, 0.5) is 11.6 Å². The number of furan rings is 1. The molecule has 0 aliphatic heterocycles. The van der Waals surface area contributed by atoms with Gasteiger partial charge in [0.2, 0.25) is 11.8 Å². The summed E-state index contributed by atoms with van der Waals surface area (Å²) in [5.41, 5.74) is 0.997. The molecule has 0 unspecified atom stereocenters. The first-order valence-corrected chi connectivity index (χ1v) is 5.28. The molecule has 17 heavy (non-hydrogen) atoms. The molecule has 0 atom stereocenters. The highest BCUT2D eigenvalue weighted by Gasteiger charge is 2.17. The quantitative estimate of drug-likeness (QED) is 0.643. The lowest BCUT2D eigenvalue weighted by Crippen LogP contribution is -2.15. The van der Waals surface area contributed by atoms with Crippen LogP contribution in [0.3, 0.4) is 0 Å². The van der Waals surface area contributed by atoms with Gasteiger partial charge >= 0.3 is 0 Å². The Morgan fingerprint density at radius 2 is 2.06 bits per heavy atom. The summed E-state index contributed by atoms with van der Waals surface area (Å²) in [4.78, 5) is 25.9. The van der Waals surface area contributed by atoms with Gasteiger partial charge < -0.3 is 9.73 Å².